The normalized spacial score (nSPS) is 20.5. The first-order valence-corrected chi connectivity index (χ1v) is 8.29. The van der Waals surface area contributed by atoms with Crippen molar-refractivity contribution in [3.05, 3.63) is 29.3 Å². The second-order valence-corrected chi connectivity index (χ2v) is 6.58. The van der Waals surface area contributed by atoms with Crippen LogP contribution >= 0.6 is 0 Å². The lowest BCUT2D eigenvalue weighted by molar-refractivity contribution is -0.143. The molecule has 1 fully saturated rings. The van der Waals surface area contributed by atoms with Gasteiger partial charge in [0.05, 0.1) is 13.0 Å². The van der Waals surface area contributed by atoms with E-state index in [0.717, 1.165) is 16.9 Å². The van der Waals surface area contributed by atoms with Gasteiger partial charge in [-0.2, -0.15) is 0 Å². The number of hydrogen-bond acceptors (Lipinski definition) is 3. The van der Waals surface area contributed by atoms with Crippen LogP contribution in [0.15, 0.2) is 18.2 Å². The Balaban J connectivity index is 1.89. The maximum absolute atomic E-state index is 12.3. The van der Waals surface area contributed by atoms with Crippen molar-refractivity contribution in [2.45, 2.75) is 26.7 Å². The number of piperidine rings is 1. The lowest BCUT2D eigenvalue weighted by Crippen LogP contribution is -2.49. The van der Waals surface area contributed by atoms with E-state index in [1.54, 1.807) is 12.0 Å². The molecule has 0 spiro atoms. The predicted molar refractivity (Wildman–Crippen MR) is 91.3 cm³/mol. The van der Waals surface area contributed by atoms with Gasteiger partial charge in [-0.05, 0) is 37.3 Å². The Labute approximate surface area is 142 Å². The molecule has 1 heterocycles. The Bertz CT molecular complexity index is 603. The van der Waals surface area contributed by atoms with Crippen LogP contribution in [0, 0.1) is 18.8 Å². The molecule has 0 saturated carbocycles. The summed E-state index contributed by atoms with van der Waals surface area (Å²) in [7, 11) is 1.63. The minimum absolute atomic E-state index is 0.195. The maximum atomic E-state index is 12.3. The van der Waals surface area contributed by atoms with E-state index in [0.29, 0.717) is 25.9 Å². The number of hydrogen-bond donors (Lipinski definition) is 2. The standard InChI is InChI=1S/C18H26N2O4/c1-12-4-5-16(24-3)14(8-12)6-7-19-18(23)20-10-13(2)9-15(11-20)17(21)22/h4-5,8,13,15H,6-7,9-11H2,1-3H3,(H,19,23)(H,21,22). The number of aliphatic carboxylic acids is 1. The summed E-state index contributed by atoms with van der Waals surface area (Å²) in [6, 6.07) is 5.77. The third-order valence-corrected chi connectivity index (χ3v) is 4.40. The number of nitrogens with zero attached hydrogens (tertiary/aromatic N) is 1. The largest absolute Gasteiger partial charge is 0.496 e. The monoisotopic (exact) mass is 334 g/mol. The third-order valence-electron chi connectivity index (χ3n) is 4.40. The average Bonchev–Trinajstić information content (AvgIpc) is 2.54. The lowest BCUT2D eigenvalue weighted by atomic mass is 9.91. The first-order valence-electron chi connectivity index (χ1n) is 8.29. The van der Waals surface area contributed by atoms with Gasteiger partial charge in [-0.1, -0.05) is 24.6 Å². The molecule has 1 aromatic carbocycles. The van der Waals surface area contributed by atoms with Crippen molar-refractivity contribution in [3.63, 3.8) is 0 Å². The molecule has 1 aliphatic heterocycles. The van der Waals surface area contributed by atoms with Crippen LogP contribution in [0.3, 0.4) is 0 Å². The second-order valence-electron chi connectivity index (χ2n) is 6.58. The summed E-state index contributed by atoms with van der Waals surface area (Å²) in [5.74, 6) is -0.296. The Morgan fingerprint density at radius 1 is 1.38 bits per heavy atom. The number of carboxylic acid groups (broad SMARTS) is 1. The zero-order valence-electron chi connectivity index (χ0n) is 14.5. The van der Waals surface area contributed by atoms with Crippen molar-refractivity contribution in [1.29, 1.82) is 0 Å². The number of carboxylic acids is 1. The minimum Gasteiger partial charge on any atom is -0.496 e. The fourth-order valence-electron chi connectivity index (χ4n) is 3.21. The number of amides is 2. The Morgan fingerprint density at radius 3 is 2.79 bits per heavy atom. The zero-order valence-corrected chi connectivity index (χ0v) is 14.5. The summed E-state index contributed by atoms with van der Waals surface area (Å²) >= 11 is 0. The summed E-state index contributed by atoms with van der Waals surface area (Å²) in [6.07, 6.45) is 1.29. The Kier molecular flexibility index (Phi) is 6.06. The van der Waals surface area contributed by atoms with Crippen LogP contribution in [0.5, 0.6) is 5.75 Å². The number of carbonyl (C=O) groups excluding carboxylic acids is 1. The number of nitrogens with one attached hydrogen (secondary N) is 1. The van der Waals surface area contributed by atoms with Gasteiger partial charge in [0, 0.05) is 19.6 Å². The highest BCUT2D eigenvalue weighted by atomic mass is 16.5. The van der Waals surface area contributed by atoms with Crippen LogP contribution in [0.1, 0.15) is 24.5 Å². The molecule has 2 rings (SSSR count). The molecule has 0 radical (unpaired) electrons. The average molecular weight is 334 g/mol. The van der Waals surface area contributed by atoms with Gasteiger partial charge in [0.1, 0.15) is 5.75 Å². The summed E-state index contributed by atoms with van der Waals surface area (Å²) in [6.45, 7) is 5.36. The van der Waals surface area contributed by atoms with Gasteiger partial charge in [-0.3, -0.25) is 4.79 Å². The molecule has 6 heteroatoms. The van der Waals surface area contributed by atoms with Gasteiger partial charge in [0.2, 0.25) is 0 Å². The van der Waals surface area contributed by atoms with Crippen molar-refractivity contribution in [3.8, 4) is 5.75 Å². The Morgan fingerprint density at radius 2 is 2.12 bits per heavy atom. The molecule has 0 aromatic heterocycles. The first kappa shape index (κ1) is 18.1. The molecule has 1 saturated heterocycles. The van der Waals surface area contributed by atoms with E-state index in [9.17, 15) is 14.7 Å². The van der Waals surface area contributed by atoms with Gasteiger partial charge in [-0.25, -0.2) is 4.79 Å². The molecule has 24 heavy (non-hydrogen) atoms. The molecular formula is C18H26N2O4. The molecule has 2 atom stereocenters. The van der Waals surface area contributed by atoms with E-state index in [-0.39, 0.29) is 18.5 Å². The van der Waals surface area contributed by atoms with Crippen molar-refractivity contribution < 1.29 is 19.4 Å². The first-order chi connectivity index (χ1) is 11.4. The molecule has 1 aliphatic rings. The molecule has 132 valence electrons. The van der Waals surface area contributed by atoms with Crippen molar-refractivity contribution in [2.75, 3.05) is 26.7 Å². The number of likely N-dealkylation sites (tertiary alicyclic amines) is 1. The van der Waals surface area contributed by atoms with Crippen LogP contribution < -0.4 is 10.1 Å². The number of aryl methyl sites for hydroxylation is 1. The van der Waals surface area contributed by atoms with Crippen molar-refractivity contribution in [2.24, 2.45) is 11.8 Å². The number of rotatable bonds is 5. The third kappa shape index (κ3) is 4.63. The molecule has 0 aliphatic carbocycles. The number of carbonyl (C=O) groups is 2. The minimum atomic E-state index is -0.830. The van der Waals surface area contributed by atoms with E-state index < -0.39 is 11.9 Å². The van der Waals surface area contributed by atoms with E-state index in [4.69, 9.17) is 4.74 Å². The van der Waals surface area contributed by atoms with Gasteiger partial charge in [0.25, 0.3) is 0 Å². The fraction of sp³-hybridized carbons (Fsp3) is 0.556. The summed E-state index contributed by atoms with van der Waals surface area (Å²) in [4.78, 5) is 25.1. The molecule has 1 aromatic rings. The zero-order chi connectivity index (χ0) is 17.7. The Hall–Kier alpha value is -2.24. The SMILES string of the molecule is COc1ccc(C)cc1CCNC(=O)N1CC(C)CC(C(=O)O)C1. The topological polar surface area (TPSA) is 78.9 Å². The van der Waals surface area contributed by atoms with Crippen LogP contribution in [0.2, 0.25) is 0 Å². The highest BCUT2D eigenvalue weighted by molar-refractivity contribution is 5.76. The van der Waals surface area contributed by atoms with E-state index >= 15 is 0 Å². The van der Waals surface area contributed by atoms with Crippen molar-refractivity contribution in [1.82, 2.24) is 10.2 Å². The highest BCUT2D eigenvalue weighted by Crippen LogP contribution is 2.22. The lowest BCUT2D eigenvalue weighted by Gasteiger charge is -2.34. The maximum Gasteiger partial charge on any atom is 0.317 e. The predicted octanol–water partition coefficient (Wildman–Crippen LogP) is 2.30. The van der Waals surface area contributed by atoms with E-state index in [1.165, 1.54) is 0 Å². The van der Waals surface area contributed by atoms with Gasteiger partial charge in [0.15, 0.2) is 0 Å². The number of urea groups is 1. The van der Waals surface area contributed by atoms with Gasteiger partial charge >= 0.3 is 12.0 Å². The van der Waals surface area contributed by atoms with Crippen LogP contribution in [-0.4, -0.2) is 48.8 Å². The smallest absolute Gasteiger partial charge is 0.317 e. The number of methoxy groups -OCH3 is 1. The highest BCUT2D eigenvalue weighted by Gasteiger charge is 2.31. The summed E-state index contributed by atoms with van der Waals surface area (Å²) in [5.41, 5.74) is 2.19. The fourth-order valence-corrected chi connectivity index (χ4v) is 3.21. The van der Waals surface area contributed by atoms with E-state index in [2.05, 4.69) is 11.4 Å². The van der Waals surface area contributed by atoms with Gasteiger partial charge < -0.3 is 20.1 Å². The number of benzene rings is 1. The van der Waals surface area contributed by atoms with E-state index in [1.807, 2.05) is 26.0 Å². The molecule has 2 N–H and O–H groups in total. The molecule has 2 unspecified atom stereocenters. The van der Waals surface area contributed by atoms with Gasteiger partial charge in [-0.15, -0.1) is 0 Å². The quantitative estimate of drug-likeness (QED) is 0.866. The van der Waals surface area contributed by atoms with Crippen LogP contribution in [-0.2, 0) is 11.2 Å². The van der Waals surface area contributed by atoms with Crippen LogP contribution in [0.4, 0.5) is 4.79 Å². The molecule has 6 nitrogen and oxygen atoms in total. The summed E-state index contributed by atoms with van der Waals surface area (Å²) in [5, 5.41) is 12.1. The van der Waals surface area contributed by atoms with Crippen molar-refractivity contribution >= 4 is 12.0 Å². The summed E-state index contributed by atoms with van der Waals surface area (Å²) < 4.78 is 5.34. The second kappa shape index (κ2) is 8.04. The van der Waals surface area contributed by atoms with Crippen LogP contribution in [0.25, 0.3) is 0 Å². The number of ether oxygens (including phenoxy) is 1. The molecule has 0 bridgehead atoms. The molecular weight excluding hydrogens is 308 g/mol. The molecule has 2 amide bonds.